The summed E-state index contributed by atoms with van der Waals surface area (Å²) >= 11 is 6.01. The third-order valence-electron chi connectivity index (χ3n) is 5.95. The van der Waals surface area contributed by atoms with Gasteiger partial charge in [0.1, 0.15) is 16.4 Å². The third-order valence-corrected chi connectivity index (χ3v) is 7.80. The second-order valence-corrected chi connectivity index (χ2v) is 11.4. The van der Waals surface area contributed by atoms with Gasteiger partial charge in [-0.25, -0.2) is 22.8 Å². The van der Waals surface area contributed by atoms with Crippen LogP contribution in [0.5, 0.6) is 5.88 Å². The number of pyridine rings is 1. The van der Waals surface area contributed by atoms with Gasteiger partial charge in [0.15, 0.2) is 0 Å². The van der Waals surface area contributed by atoms with E-state index in [1.165, 1.54) is 30.2 Å². The lowest BCUT2D eigenvalue weighted by molar-refractivity contribution is -0.124. The lowest BCUT2D eigenvalue weighted by Gasteiger charge is -2.16. The molecular weight excluding hydrogens is 561 g/mol. The highest BCUT2D eigenvalue weighted by atomic mass is 35.5. The van der Waals surface area contributed by atoms with E-state index in [-0.39, 0.29) is 45.6 Å². The number of amides is 1. The lowest BCUT2D eigenvalue weighted by Crippen LogP contribution is -2.32. The first-order valence-corrected chi connectivity index (χ1v) is 14.1. The Labute approximate surface area is 235 Å². The van der Waals surface area contributed by atoms with E-state index in [9.17, 15) is 22.4 Å². The summed E-state index contributed by atoms with van der Waals surface area (Å²) in [5.41, 5.74) is 1.19. The first-order valence-electron chi connectivity index (χ1n) is 12.3. The Morgan fingerprint density at radius 3 is 2.52 bits per heavy atom. The SMILES string of the molecule is CNC(=O)[C@@H](C)Cn1cnc2ccc(-c3cnc(OC(C)C)c(NS(=O)(=O)c4ccc(F)cc4Cl)c3)cc2c1=O. The zero-order chi connectivity index (χ0) is 29.2. The number of hydrogen-bond acceptors (Lipinski definition) is 7. The molecular formula is C27H27ClFN5O5S. The largest absolute Gasteiger partial charge is 0.473 e. The summed E-state index contributed by atoms with van der Waals surface area (Å²) in [5, 5.41) is 2.59. The van der Waals surface area contributed by atoms with Gasteiger partial charge in [-0.2, -0.15) is 0 Å². The zero-order valence-corrected chi connectivity index (χ0v) is 23.7. The van der Waals surface area contributed by atoms with E-state index in [0.29, 0.717) is 22.0 Å². The standard InChI is InChI=1S/C27H27ClFN5O5S/c1-15(2)39-26-23(33-40(37,38)24-8-6-19(29)11-21(24)28)10-18(12-31-26)17-5-7-22-20(9-17)27(36)34(14-32-22)13-16(3)25(35)30-4/h5-12,14-16,33H,13H2,1-4H3,(H,30,35)/t16-/m0/s1. The molecule has 2 heterocycles. The number of nitrogens with zero attached hydrogens (tertiary/aromatic N) is 3. The normalized spacial score (nSPS) is 12.4. The number of ether oxygens (including phenoxy) is 1. The summed E-state index contributed by atoms with van der Waals surface area (Å²) in [6.45, 7) is 5.38. The Kier molecular flexibility index (Phi) is 8.40. The van der Waals surface area contributed by atoms with E-state index in [1.54, 1.807) is 39.0 Å². The molecule has 0 unspecified atom stereocenters. The maximum atomic E-state index is 13.5. The van der Waals surface area contributed by atoms with Gasteiger partial charge in [0.05, 0.1) is 34.3 Å². The highest BCUT2D eigenvalue weighted by Gasteiger charge is 2.22. The van der Waals surface area contributed by atoms with Crippen LogP contribution in [0.1, 0.15) is 20.8 Å². The summed E-state index contributed by atoms with van der Waals surface area (Å²) in [4.78, 5) is 33.5. The van der Waals surface area contributed by atoms with E-state index in [4.69, 9.17) is 16.3 Å². The van der Waals surface area contributed by atoms with Crippen LogP contribution in [0.25, 0.3) is 22.0 Å². The van der Waals surface area contributed by atoms with Gasteiger partial charge in [0, 0.05) is 25.4 Å². The molecule has 0 saturated carbocycles. The number of carbonyl (C=O) groups is 1. The Bertz CT molecular complexity index is 1760. The summed E-state index contributed by atoms with van der Waals surface area (Å²) in [7, 11) is -2.72. The average molecular weight is 588 g/mol. The number of fused-ring (bicyclic) bond motifs is 1. The second-order valence-electron chi connectivity index (χ2n) is 9.37. The molecule has 1 atom stereocenters. The van der Waals surface area contributed by atoms with Gasteiger partial charge in [-0.15, -0.1) is 0 Å². The molecule has 0 spiro atoms. The first kappa shape index (κ1) is 29.0. The Hall–Kier alpha value is -4.03. The fraction of sp³-hybridized carbons (Fsp3) is 0.259. The first-order chi connectivity index (χ1) is 18.9. The molecule has 0 fully saturated rings. The maximum Gasteiger partial charge on any atom is 0.263 e. The van der Waals surface area contributed by atoms with E-state index in [0.717, 1.165) is 18.2 Å². The molecule has 0 radical (unpaired) electrons. The number of nitrogens with one attached hydrogen (secondary N) is 2. The molecule has 0 bridgehead atoms. The van der Waals surface area contributed by atoms with Crippen LogP contribution in [0.3, 0.4) is 0 Å². The summed E-state index contributed by atoms with van der Waals surface area (Å²) in [5.74, 6) is -1.31. The van der Waals surface area contributed by atoms with Crippen molar-refractivity contribution < 1.29 is 22.3 Å². The van der Waals surface area contributed by atoms with Crippen LogP contribution in [0.2, 0.25) is 5.02 Å². The molecule has 2 N–H and O–H groups in total. The van der Waals surface area contributed by atoms with Crippen molar-refractivity contribution >= 4 is 44.1 Å². The Morgan fingerprint density at radius 2 is 1.85 bits per heavy atom. The lowest BCUT2D eigenvalue weighted by atomic mass is 10.0. The number of rotatable bonds is 9. The van der Waals surface area contributed by atoms with E-state index < -0.39 is 21.8 Å². The molecule has 4 aromatic rings. The summed E-state index contributed by atoms with van der Waals surface area (Å²) < 4.78 is 49.3. The van der Waals surface area contributed by atoms with Crippen LogP contribution in [-0.4, -0.2) is 42.0 Å². The van der Waals surface area contributed by atoms with Crippen LogP contribution >= 0.6 is 11.6 Å². The fourth-order valence-corrected chi connectivity index (χ4v) is 5.57. The highest BCUT2D eigenvalue weighted by Crippen LogP contribution is 2.33. The minimum absolute atomic E-state index is 0.0218. The van der Waals surface area contributed by atoms with Crippen LogP contribution in [-0.2, 0) is 21.4 Å². The number of benzene rings is 2. The molecule has 10 nitrogen and oxygen atoms in total. The predicted octanol–water partition coefficient (Wildman–Crippen LogP) is 4.22. The van der Waals surface area contributed by atoms with Crippen molar-refractivity contribution in [2.24, 2.45) is 5.92 Å². The molecule has 40 heavy (non-hydrogen) atoms. The number of carbonyl (C=O) groups excluding carboxylic acids is 1. The fourth-order valence-electron chi connectivity index (χ4n) is 3.99. The molecule has 0 aliphatic carbocycles. The monoisotopic (exact) mass is 587 g/mol. The van der Waals surface area contributed by atoms with E-state index in [2.05, 4.69) is 20.0 Å². The van der Waals surface area contributed by atoms with Crippen LogP contribution in [0.15, 0.2) is 64.7 Å². The van der Waals surface area contributed by atoms with Crippen molar-refractivity contribution in [3.05, 3.63) is 76.2 Å². The van der Waals surface area contributed by atoms with E-state index >= 15 is 0 Å². The van der Waals surface area contributed by atoms with Crippen molar-refractivity contribution in [2.45, 2.75) is 38.3 Å². The van der Waals surface area contributed by atoms with Gasteiger partial charge >= 0.3 is 0 Å². The smallest absolute Gasteiger partial charge is 0.263 e. The molecule has 0 aliphatic heterocycles. The zero-order valence-electron chi connectivity index (χ0n) is 22.1. The number of sulfonamides is 1. The van der Waals surface area contributed by atoms with Gasteiger partial charge in [-0.1, -0.05) is 24.6 Å². The van der Waals surface area contributed by atoms with Gasteiger partial charge in [-0.3, -0.25) is 18.9 Å². The van der Waals surface area contributed by atoms with Crippen LogP contribution < -0.4 is 20.3 Å². The maximum absolute atomic E-state index is 13.5. The van der Waals surface area contributed by atoms with Gasteiger partial charge in [-0.05, 0) is 55.8 Å². The van der Waals surface area contributed by atoms with E-state index in [1.807, 2.05) is 0 Å². The molecule has 2 aromatic heterocycles. The number of anilines is 1. The minimum Gasteiger partial charge on any atom is -0.473 e. The molecule has 1 amide bonds. The molecule has 210 valence electrons. The molecule has 13 heteroatoms. The summed E-state index contributed by atoms with van der Waals surface area (Å²) in [6, 6.07) is 9.49. The second kappa shape index (κ2) is 11.6. The molecule has 0 saturated heterocycles. The predicted molar refractivity (Wildman–Crippen MR) is 150 cm³/mol. The number of aromatic nitrogens is 3. The topological polar surface area (TPSA) is 132 Å². The molecule has 2 aromatic carbocycles. The van der Waals surface area contributed by atoms with Crippen LogP contribution in [0, 0.1) is 11.7 Å². The van der Waals surface area contributed by atoms with Crippen LogP contribution in [0.4, 0.5) is 10.1 Å². The number of halogens is 2. The average Bonchev–Trinajstić information content (AvgIpc) is 2.90. The van der Waals surface area contributed by atoms with Crippen molar-refractivity contribution in [3.8, 4) is 17.0 Å². The minimum atomic E-state index is -4.25. The molecule has 0 aliphatic rings. The number of hydrogen-bond donors (Lipinski definition) is 2. The van der Waals surface area contributed by atoms with Crippen molar-refractivity contribution in [3.63, 3.8) is 0 Å². The van der Waals surface area contributed by atoms with Crippen molar-refractivity contribution in [2.75, 3.05) is 11.8 Å². The quantitative estimate of drug-likeness (QED) is 0.300. The van der Waals surface area contributed by atoms with Gasteiger partial charge < -0.3 is 10.1 Å². The summed E-state index contributed by atoms with van der Waals surface area (Å²) in [6.07, 6.45) is 2.57. The van der Waals surface area contributed by atoms with Crippen molar-refractivity contribution in [1.29, 1.82) is 0 Å². The Balaban J connectivity index is 1.76. The van der Waals surface area contributed by atoms with Gasteiger partial charge in [0.25, 0.3) is 15.6 Å². The van der Waals surface area contributed by atoms with Gasteiger partial charge in [0.2, 0.25) is 11.8 Å². The Morgan fingerprint density at radius 1 is 1.10 bits per heavy atom. The van der Waals surface area contributed by atoms with Crippen molar-refractivity contribution in [1.82, 2.24) is 19.9 Å². The molecule has 4 rings (SSSR count). The third kappa shape index (κ3) is 6.23. The highest BCUT2D eigenvalue weighted by molar-refractivity contribution is 7.92.